The highest BCUT2D eigenvalue weighted by Gasteiger charge is 2.20. The number of epoxide rings is 1. The molecule has 0 aromatic heterocycles. The summed E-state index contributed by atoms with van der Waals surface area (Å²) in [5, 5.41) is 8.35. The van der Waals surface area contributed by atoms with Crippen molar-refractivity contribution < 1.29 is 14.9 Å². The number of aryl methyl sites for hydroxylation is 1. The molecule has 1 atom stereocenters. The van der Waals surface area contributed by atoms with Gasteiger partial charge in [-0.1, -0.05) is 57.7 Å². The lowest BCUT2D eigenvalue weighted by Crippen LogP contribution is -1.89. The van der Waals surface area contributed by atoms with Gasteiger partial charge in [0.15, 0.2) is 5.75 Å². The van der Waals surface area contributed by atoms with Crippen molar-refractivity contribution in [2.24, 2.45) is 0 Å². The van der Waals surface area contributed by atoms with E-state index in [0.29, 0.717) is 11.9 Å². The summed E-state index contributed by atoms with van der Waals surface area (Å²) in [5.74, 6) is 0.546. The minimum atomic E-state index is 0.546. The van der Waals surface area contributed by atoms with E-state index in [4.69, 9.17) is 9.99 Å². The van der Waals surface area contributed by atoms with E-state index >= 15 is 0 Å². The largest absolute Gasteiger partial charge is 0.373 e. The Morgan fingerprint density at radius 2 is 1.95 bits per heavy atom. The van der Waals surface area contributed by atoms with Gasteiger partial charge in [-0.25, -0.2) is 5.26 Å². The molecule has 1 aromatic carbocycles. The number of hydrogen-bond donors (Lipinski definition) is 1. The van der Waals surface area contributed by atoms with Crippen molar-refractivity contribution in [3.63, 3.8) is 0 Å². The summed E-state index contributed by atoms with van der Waals surface area (Å²) in [4.78, 5) is 4.14. The molecule has 19 heavy (non-hydrogen) atoms. The predicted octanol–water partition coefficient (Wildman–Crippen LogP) is 4.46. The second-order valence-electron chi connectivity index (χ2n) is 4.86. The Balaban J connectivity index is 0.000000191. The highest BCUT2D eigenvalue weighted by atomic mass is 17.1. The van der Waals surface area contributed by atoms with E-state index < -0.39 is 0 Å². The number of rotatable bonds is 7. The van der Waals surface area contributed by atoms with Crippen LogP contribution in [0.1, 0.15) is 51.5 Å². The van der Waals surface area contributed by atoms with E-state index in [1.165, 1.54) is 32.1 Å². The van der Waals surface area contributed by atoms with Crippen molar-refractivity contribution in [1.29, 1.82) is 0 Å². The smallest absolute Gasteiger partial charge is 0.168 e. The average molecular weight is 266 g/mol. The molecule has 3 nitrogen and oxygen atoms in total. The lowest BCUT2D eigenvalue weighted by atomic mass is 10.1. The normalized spacial score (nSPS) is 16.5. The first-order valence-corrected chi connectivity index (χ1v) is 7.32. The Labute approximate surface area is 116 Å². The molecule has 1 aliphatic rings. The molecule has 0 bridgehead atoms. The molecule has 1 fully saturated rings. The molecule has 1 heterocycles. The summed E-state index contributed by atoms with van der Waals surface area (Å²) in [5.41, 5.74) is 1.02. The summed E-state index contributed by atoms with van der Waals surface area (Å²) in [7, 11) is 0. The SMILES string of the molecule is CCCCCCC1CO1.CCc1ccccc1OO. The Morgan fingerprint density at radius 3 is 2.47 bits per heavy atom. The summed E-state index contributed by atoms with van der Waals surface area (Å²) >= 11 is 0. The molecule has 1 saturated heterocycles. The van der Waals surface area contributed by atoms with Crippen molar-refractivity contribution in [1.82, 2.24) is 0 Å². The Morgan fingerprint density at radius 1 is 1.21 bits per heavy atom. The maximum Gasteiger partial charge on any atom is 0.168 e. The van der Waals surface area contributed by atoms with Crippen LogP contribution >= 0.6 is 0 Å². The topological polar surface area (TPSA) is 42.0 Å². The van der Waals surface area contributed by atoms with Gasteiger partial charge in [-0.2, -0.15) is 0 Å². The van der Waals surface area contributed by atoms with Gasteiger partial charge in [0.1, 0.15) is 0 Å². The first kappa shape index (κ1) is 16.0. The molecule has 2 rings (SSSR count). The molecule has 1 unspecified atom stereocenters. The van der Waals surface area contributed by atoms with Gasteiger partial charge in [0.2, 0.25) is 0 Å². The van der Waals surface area contributed by atoms with Crippen LogP contribution in [0.2, 0.25) is 0 Å². The van der Waals surface area contributed by atoms with Crippen molar-refractivity contribution in [2.75, 3.05) is 6.61 Å². The van der Waals surface area contributed by atoms with Crippen LogP contribution < -0.4 is 4.89 Å². The van der Waals surface area contributed by atoms with E-state index in [2.05, 4.69) is 11.8 Å². The lowest BCUT2D eigenvalue weighted by Gasteiger charge is -2.01. The fourth-order valence-electron chi connectivity index (χ4n) is 1.92. The molecule has 3 heteroatoms. The molecule has 0 amide bonds. The van der Waals surface area contributed by atoms with Crippen LogP contribution in [0.5, 0.6) is 5.75 Å². The molecular formula is C16H26O3. The van der Waals surface area contributed by atoms with Gasteiger partial charge in [-0.05, 0) is 24.5 Å². The summed E-state index contributed by atoms with van der Waals surface area (Å²) < 4.78 is 5.09. The third-order valence-corrected chi connectivity index (χ3v) is 3.23. The van der Waals surface area contributed by atoms with Crippen molar-refractivity contribution >= 4 is 0 Å². The molecule has 1 N–H and O–H groups in total. The summed E-state index contributed by atoms with van der Waals surface area (Å²) in [6, 6.07) is 7.40. The number of hydrogen-bond acceptors (Lipinski definition) is 3. The van der Waals surface area contributed by atoms with Gasteiger partial charge in [0.25, 0.3) is 0 Å². The molecular weight excluding hydrogens is 240 g/mol. The van der Waals surface area contributed by atoms with E-state index in [9.17, 15) is 0 Å². The zero-order chi connectivity index (χ0) is 13.9. The second-order valence-corrected chi connectivity index (χ2v) is 4.86. The number of para-hydroxylation sites is 1. The minimum absolute atomic E-state index is 0.546. The fourth-order valence-corrected chi connectivity index (χ4v) is 1.92. The third kappa shape index (κ3) is 7.19. The monoisotopic (exact) mass is 266 g/mol. The average Bonchev–Trinajstić information content (AvgIpc) is 3.28. The number of unbranched alkanes of at least 4 members (excludes halogenated alkanes) is 3. The Kier molecular flexibility index (Phi) is 8.26. The first-order valence-electron chi connectivity index (χ1n) is 7.32. The standard InChI is InChI=1S/C8H10O2.C8H16O/c1-2-7-5-3-4-6-8(7)10-9;1-2-3-4-5-6-8-7-9-8/h3-6,9H,2H2,1H3;8H,2-7H2,1H3. The molecule has 0 radical (unpaired) electrons. The highest BCUT2D eigenvalue weighted by Crippen LogP contribution is 2.17. The van der Waals surface area contributed by atoms with Crippen molar-refractivity contribution in [3.8, 4) is 5.75 Å². The van der Waals surface area contributed by atoms with Gasteiger partial charge >= 0.3 is 0 Å². The molecule has 0 spiro atoms. The quantitative estimate of drug-likeness (QED) is 0.343. The van der Waals surface area contributed by atoms with Crippen LogP contribution in [0, 0.1) is 0 Å². The molecule has 0 aliphatic carbocycles. The third-order valence-electron chi connectivity index (χ3n) is 3.23. The van der Waals surface area contributed by atoms with Crippen LogP contribution in [0.15, 0.2) is 24.3 Å². The maximum atomic E-state index is 8.35. The molecule has 108 valence electrons. The molecule has 1 aromatic rings. The van der Waals surface area contributed by atoms with E-state index in [-0.39, 0.29) is 0 Å². The molecule has 1 aliphatic heterocycles. The van der Waals surface area contributed by atoms with E-state index in [1.54, 1.807) is 6.07 Å². The van der Waals surface area contributed by atoms with Gasteiger partial charge in [-0.3, -0.25) is 0 Å². The lowest BCUT2D eigenvalue weighted by molar-refractivity contribution is -0.138. The van der Waals surface area contributed by atoms with Gasteiger partial charge in [0, 0.05) is 0 Å². The second kappa shape index (κ2) is 9.82. The van der Waals surface area contributed by atoms with Crippen LogP contribution in [0.4, 0.5) is 0 Å². The molecule has 0 saturated carbocycles. The maximum absolute atomic E-state index is 8.35. The van der Waals surface area contributed by atoms with Gasteiger partial charge < -0.3 is 9.62 Å². The first-order chi connectivity index (χ1) is 9.31. The van der Waals surface area contributed by atoms with Crippen LogP contribution in [0.3, 0.4) is 0 Å². The summed E-state index contributed by atoms with van der Waals surface area (Å²) in [6.45, 7) is 5.29. The minimum Gasteiger partial charge on any atom is -0.373 e. The Hall–Kier alpha value is -1.06. The Bertz CT molecular complexity index is 312. The van der Waals surface area contributed by atoms with E-state index in [1.807, 2.05) is 25.1 Å². The van der Waals surface area contributed by atoms with Gasteiger partial charge in [-0.15, -0.1) is 0 Å². The van der Waals surface area contributed by atoms with Crippen LogP contribution in [-0.4, -0.2) is 18.0 Å². The van der Waals surface area contributed by atoms with Crippen LogP contribution in [0.25, 0.3) is 0 Å². The van der Waals surface area contributed by atoms with Crippen LogP contribution in [-0.2, 0) is 11.2 Å². The number of benzene rings is 1. The zero-order valence-electron chi connectivity index (χ0n) is 12.1. The zero-order valence-corrected chi connectivity index (χ0v) is 12.1. The van der Waals surface area contributed by atoms with Gasteiger partial charge in [0.05, 0.1) is 12.7 Å². The predicted molar refractivity (Wildman–Crippen MR) is 77.6 cm³/mol. The highest BCUT2D eigenvalue weighted by molar-refractivity contribution is 5.32. The summed E-state index contributed by atoms with van der Waals surface area (Å²) in [6.07, 6.45) is 8.34. The van der Waals surface area contributed by atoms with E-state index in [0.717, 1.165) is 18.6 Å². The van der Waals surface area contributed by atoms with Crippen molar-refractivity contribution in [2.45, 2.75) is 58.5 Å². The number of ether oxygens (including phenoxy) is 1. The fraction of sp³-hybridized carbons (Fsp3) is 0.625. The van der Waals surface area contributed by atoms with Crippen molar-refractivity contribution in [3.05, 3.63) is 29.8 Å².